The van der Waals surface area contributed by atoms with Gasteiger partial charge in [0.05, 0.1) is 18.8 Å². The van der Waals surface area contributed by atoms with Crippen LogP contribution in [0.25, 0.3) is 0 Å². The van der Waals surface area contributed by atoms with Gasteiger partial charge in [-0.3, -0.25) is 0 Å². The van der Waals surface area contributed by atoms with E-state index < -0.39 is 0 Å². The van der Waals surface area contributed by atoms with Gasteiger partial charge < -0.3 is 9.47 Å². The zero-order valence-electron chi connectivity index (χ0n) is 11.8. The number of hydrogen-bond donors (Lipinski definition) is 0. The predicted molar refractivity (Wildman–Crippen MR) is 77.9 cm³/mol. The number of ether oxygens (including phenoxy) is 2. The zero-order chi connectivity index (χ0) is 15.1. The second kappa shape index (κ2) is 7.30. The second-order valence-electron chi connectivity index (χ2n) is 4.57. The van der Waals surface area contributed by atoms with Gasteiger partial charge in [-0.05, 0) is 30.7 Å². The lowest BCUT2D eigenvalue weighted by Crippen LogP contribution is -2.05. The summed E-state index contributed by atoms with van der Waals surface area (Å²) in [5, 5.41) is 8.93. The Labute approximate surface area is 123 Å². The summed E-state index contributed by atoms with van der Waals surface area (Å²) in [6, 6.07) is 14.0. The minimum atomic E-state index is -0.272. The molecule has 0 fully saturated rings. The lowest BCUT2D eigenvalue weighted by atomic mass is 10.2. The standard InChI is InChI=1S/C17H16FNO2/c1-13-7-8-15(11-16(13)18)20-9-4-10-21-17-6-3-2-5-14(17)12-19/h2-3,5-8,11H,4,9-10H2,1H3. The van der Waals surface area contributed by atoms with E-state index in [1.165, 1.54) is 6.07 Å². The summed E-state index contributed by atoms with van der Waals surface area (Å²) in [5.74, 6) is 0.809. The van der Waals surface area contributed by atoms with Gasteiger partial charge in [0.1, 0.15) is 23.4 Å². The fourth-order valence-corrected chi connectivity index (χ4v) is 1.78. The van der Waals surface area contributed by atoms with Crippen LogP contribution >= 0.6 is 0 Å². The van der Waals surface area contributed by atoms with Gasteiger partial charge in [0.15, 0.2) is 0 Å². The quantitative estimate of drug-likeness (QED) is 0.757. The number of halogens is 1. The van der Waals surface area contributed by atoms with Gasteiger partial charge in [0.2, 0.25) is 0 Å². The maximum Gasteiger partial charge on any atom is 0.137 e. The smallest absolute Gasteiger partial charge is 0.137 e. The van der Waals surface area contributed by atoms with Crippen molar-refractivity contribution in [1.82, 2.24) is 0 Å². The summed E-state index contributed by atoms with van der Waals surface area (Å²) in [4.78, 5) is 0. The van der Waals surface area contributed by atoms with Crippen molar-refractivity contribution in [1.29, 1.82) is 5.26 Å². The van der Waals surface area contributed by atoms with Crippen LogP contribution in [-0.2, 0) is 0 Å². The molecule has 0 atom stereocenters. The molecule has 0 aliphatic carbocycles. The number of hydrogen-bond acceptors (Lipinski definition) is 3. The molecule has 21 heavy (non-hydrogen) atoms. The van der Waals surface area contributed by atoms with E-state index in [-0.39, 0.29) is 5.82 Å². The van der Waals surface area contributed by atoms with E-state index >= 15 is 0 Å². The molecule has 0 saturated heterocycles. The first-order chi connectivity index (χ1) is 10.2. The van der Waals surface area contributed by atoms with E-state index in [9.17, 15) is 4.39 Å². The topological polar surface area (TPSA) is 42.2 Å². The first kappa shape index (κ1) is 14.9. The van der Waals surface area contributed by atoms with Crippen molar-refractivity contribution in [2.75, 3.05) is 13.2 Å². The molecule has 0 N–H and O–H groups in total. The van der Waals surface area contributed by atoms with Crippen molar-refractivity contribution >= 4 is 0 Å². The number of nitrogens with zero attached hydrogens (tertiary/aromatic N) is 1. The Bertz CT molecular complexity index is 649. The average molecular weight is 285 g/mol. The van der Waals surface area contributed by atoms with Crippen LogP contribution < -0.4 is 9.47 Å². The van der Waals surface area contributed by atoms with E-state index in [1.807, 2.05) is 6.07 Å². The van der Waals surface area contributed by atoms with Crippen LogP contribution in [-0.4, -0.2) is 13.2 Å². The molecule has 0 aliphatic heterocycles. The van der Waals surface area contributed by atoms with Crippen molar-refractivity contribution in [3.63, 3.8) is 0 Å². The van der Waals surface area contributed by atoms with Crippen molar-refractivity contribution in [3.8, 4) is 17.6 Å². The van der Waals surface area contributed by atoms with E-state index in [0.29, 0.717) is 42.3 Å². The molecule has 0 spiro atoms. The summed E-state index contributed by atoms with van der Waals surface area (Å²) in [7, 11) is 0. The van der Waals surface area contributed by atoms with Crippen LogP contribution in [0.1, 0.15) is 17.5 Å². The normalized spacial score (nSPS) is 9.95. The van der Waals surface area contributed by atoms with Gasteiger partial charge in [-0.2, -0.15) is 5.26 Å². The summed E-state index contributed by atoms with van der Waals surface area (Å²) in [5.41, 5.74) is 1.11. The minimum Gasteiger partial charge on any atom is -0.493 e. The lowest BCUT2D eigenvalue weighted by molar-refractivity contribution is 0.246. The number of aryl methyl sites for hydroxylation is 1. The number of nitriles is 1. The number of rotatable bonds is 6. The molecule has 0 bridgehead atoms. The van der Waals surface area contributed by atoms with Crippen LogP contribution in [0.5, 0.6) is 11.5 Å². The molecule has 0 aromatic heterocycles. The van der Waals surface area contributed by atoms with Crippen LogP contribution in [0, 0.1) is 24.1 Å². The third-order valence-electron chi connectivity index (χ3n) is 2.97. The molecule has 0 amide bonds. The highest BCUT2D eigenvalue weighted by atomic mass is 19.1. The molecule has 0 saturated carbocycles. The zero-order valence-corrected chi connectivity index (χ0v) is 11.8. The highest BCUT2D eigenvalue weighted by Crippen LogP contribution is 2.17. The van der Waals surface area contributed by atoms with Crippen molar-refractivity contribution in [2.45, 2.75) is 13.3 Å². The van der Waals surface area contributed by atoms with Gasteiger partial charge in [-0.1, -0.05) is 18.2 Å². The Balaban J connectivity index is 1.75. The van der Waals surface area contributed by atoms with Gasteiger partial charge in [0, 0.05) is 12.5 Å². The predicted octanol–water partition coefficient (Wildman–Crippen LogP) is 3.85. The van der Waals surface area contributed by atoms with Crippen LogP contribution in [0.15, 0.2) is 42.5 Å². The molecular formula is C17H16FNO2. The third-order valence-corrected chi connectivity index (χ3v) is 2.97. The van der Waals surface area contributed by atoms with Crippen molar-refractivity contribution in [2.24, 2.45) is 0 Å². The molecule has 0 unspecified atom stereocenters. The van der Waals surface area contributed by atoms with Crippen molar-refractivity contribution in [3.05, 3.63) is 59.4 Å². The molecule has 3 nitrogen and oxygen atoms in total. The molecule has 0 radical (unpaired) electrons. The summed E-state index contributed by atoms with van der Waals surface area (Å²) < 4.78 is 24.3. The Morgan fingerprint density at radius 1 is 1.10 bits per heavy atom. The molecule has 4 heteroatoms. The van der Waals surface area contributed by atoms with Crippen molar-refractivity contribution < 1.29 is 13.9 Å². The second-order valence-corrected chi connectivity index (χ2v) is 4.57. The van der Waals surface area contributed by atoms with E-state index in [4.69, 9.17) is 14.7 Å². The van der Waals surface area contributed by atoms with Gasteiger partial charge >= 0.3 is 0 Å². The van der Waals surface area contributed by atoms with E-state index in [0.717, 1.165) is 0 Å². The first-order valence-electron chi connectivity index (χ1n) is 6.71. The maximum absolute atomic E-state index is 13.3. The lowest BCUT2D eigenvalue weighted by Gasteiger charge is -2.09. The molecule has 2 rings (SSSR count). The van der Waals surface area contributed by atoms with Gasteiger partial charge in [-0.25, -0.2) is 4.39 Å². The highest BCUT2D eigenvalue weighted by molar-refractivity contribution is 5.42. The van der Waals surface area contributed by atoms with Gasteiger partial charge in [-0.15, -0.1) is 0 Å². The highest BCUT2D eigenvalue weighted by Gasteiger charge is 2.02. The Hall–Kier alpha value is -2.54. The average Bonchev–Trinajstić information content (AvgIpc) is 2.51. The SMILES string of the molecule is Cc1ccc(OCCCOc2ccccc2C#N)cc1F. The minimum absolute atomic E-state index is 0.272. The summed E-state index contributed by atoms with van der Waals surface area (Å²) in [6.45, 7) is 2.57. The van der Waals surface area contributed by atoms with Crippen LogP contribution in [0.2, 0.25) is 0 Å². The summed E-state index contributed by atoms with van der Waals surface area (Å²) in [6.07, 6.45) is 0.648. The first-order valence-corrected chi connectivity index (χ1v) is 6.71. The Morgan fingerprint density at radius 3 is 2.62 bits per heavy atom. The third kappa shape index (κ3) is 4.22. The number of benzene rings is 2. The number of para-hydroxylation sites is 1. The largest absolute Gasteiger partial charge is 0.493 e. The molecule has 2 aromatic rings. The fourth-order valence-electron chi connectivity index (χ4n) is 1.78. The maximum atomic E-state index is 13.3. The van der Waals surface area contributed by atoms with Gasteiger partial charge in [0.25, 0.3) is 0 Å². The molecule has 2 aromatic carbocycles. The molecule has 0 aliphatic rings. The molecule has 0 heterocycles. The monoisotopic (exact) mass is 285 g/mol. The summed E-state index contributed by atoms with van der Waals surface area (Å²) >= 11 is 0. The Kier molecular flexibility index (Phi) is 5.16. The van der Waals surface area contributed by atoms with E-state index in [2.05, 4.69) is 6.07 Å². The molecular weight excluding hydrogens is 269 g/mol. The van der Waals surface area contributed by atoms with Crippen LogP contribution in [0.3, 0.4) is 0 Å². The van der Waals surface area contributed by atoms with Crippen LogP contribution in [0.4, 0.5) is 4.39 Å². The molecule has 108 valence electrons. The fraction of sp³-hybridized carbons (Fsp3) is 0.235. The Morgan fingerprint density at radius 2 is 1.86 bits per heavy atom. The van der Waals surface area contributed by atoms with E-state index in [1.54, 1.807) is 37.3 Å².